The van der Waals surface area contributed by atoms with Crippen LogP contribution in [0.5, 0.6) is 5.75 Å². The number of likely N-dealkylation sites (tertiary alicyclic amines) is 1. The van der Waals surface area contributed by atoms with Gasteiger partial charge in [-0.25, -0.2) is 4.98 Å². The Morgan fingerprint density at radius 2 is 2.16 bits per heavy atom. The van der Waals surface area contributed by atoms with Crippen molar-refractivity contribution in [3.05, 3.63) is 36.4 Å². The predicted octanol–water partition coefficient (Wildman–Crippen LogP) is 3.93. The molecule has 1 aromatic carbocycles. The van der Waals surface area contributed by atoms with Crippen LogP contribution in [0.2, 0.25) is 0 Å². The second-order valence-electron chi connectivity index (χ2n) is 6.60. The maximum Gasteiger partial charge on any atom is 0.223 e. The van der Waals surface area contributed by atoms with Crippen molar-refractivity contribution in [1.82, 2.24) is 9.88 Å². The summed E-state index contributed by atoms with van der Waals surface area (Å²) in [7, 11) is 1.64. The topological polar surface area (TPSA) is 55.6 Å². The van der Waals surface area contributed by atoms with E-state index >= 15 is 0 Å². The number of amides is 1. The Bertz CT molecular complexity index is 693. The summed E-state index contributed by atoms with van der Waals surface area (Å²) in [6.45, 7) is 3.99. The molecular formula is C20H26N2O3. The molecule has 0 saturated carbocycles. The fourth-order valence-corrected chi connectivity index (χ4v) is 3.31. The van der Waals surface area contributed by atoms with Gasteiger partial charge in [0, 0.05) is 31.5 Å². The van der Waals surface area contributed by atoms with Gasteiger partial charge in [0.05, 0.1) is 13.3 Å². The van der Waals surface area contributed by atoms with Crippen LogP contribution in [0.4, 0.5) is 0 Å². The molecule has 1 aliphatic rings. The van der Waals surface area contributed by atoms with E-state index in [2.05, 4.69) is 11.9 Å². The largest absolute Gasteiger partial charge is 0.497 e. The van der Waals surface area contributed by atoms with E-state index in [1.807, 2.05) is 29.2 Å². The number of methoxy groups -OCH3 is 1. The average molecular weight is 342 g/mol. The minimum Gasteiger partial charge on any atom is -0.497 e. The third-order valence-electron chi connectivity index (χ3n) is 4.93. The molecule has 3 rings (SSSR count). The number of rotatable bonds is 6. The van der Waals surface area contributed by atoms with Crippen LogP contribution in [0.3, 0.4) is 0 Å². The molecule has 0 radical (unpaired) electrons. The molecule has 2 aromatic rings. The first-order valence-electron chi connectivity index (χ1n) is 9.06. The average Bonchev–Trinajstić information content (AvgIpc) is 3.15. The number of hydrogen-bond acceptors (Lipinski definition) is 4. The minimum absolute atomic E-state index is 0.211. The molecule has 1 amide bonds. The van der Waals surface area contributed by atoms with Crippen molar-refractivity contribution in [1.29, 1.82) is 0 Å². The van der Waals surface area contributed by atoms with Crippen LogP contribution < -0.4 is 4.74 Å². The number of benzene rings is 1. The molecule has 5 heteroatoms. The van der Waals surface area contributed by atoms with Gasteiger partial charge in [-0.1, -0.05) is 13.3 Å². The second-order valence-corrected chi connectivity index (χ2v) is 6.60. The van der Waals surface area contributed by atoms with Gasteiger partial charge in [-0.15, -0.1) is 0 Å². The first-order chi connectivity index (χ1) is 12.2. The Balaban J connectivity index is 1.55. The number of piperidine rings is 1. The number of aryl methyl sites for hydroxylation is 1. The summed E-state index contributed by atoms with van der Waals surface area (Å²) in [5.41, 5.74) is 0.952. The molecule has 1 fully saturated rings. The van der Waals surface area contributed by atoms with Gasteiger partial charge in [0.2, 0.25) is 5.91 Å². The summed E-state index contributed by atoms with van der Waals surface area (Å²) in [6, 6.07) is 7.66. The van der Waals surface area contributed by atoms with Crippen LogP contribution in [0, 0.1) is 5.92 Å². The van der Waals surface area contributed by atoms with E-state index in [1.165, 1.54) is 6.42 Å². The molecule has 134 valence electrons. The number of carbonyl (C=O) groups excluding carboxylic acids is 1. The van der Waals surface area contributed by atoms with Crippen molar-refractivity contribution >= 4 is 5.91 Å². The summed E-state index contributed by atoms with van der Waals surface area (Å²) in [5, 5.41) is 0. The van der Waals surface area contributed by atoms with Crippen LogP contribution in [0.15, 0.2) is 34.9 Å². The van der Waals surface area contributed by atoms with Crippen molar-refractivity contribution in [2.24, 2.45) is 5.92 Å². The first kappa shape index (κ1) is 17.5. The van der Waals surface area contributed by atoms with Crippen molar-refractivity contribution in [2.45, 2.75) is 39.0 Å². The molecule has 0 aliphatic carbocycles. The third kappa shape index (κ3) is 4.41. The van der Waals surface area contributed by atoms with Crippen LogP contribution in [0.1, 0.15) is 38.5 Å². The summed E-state index contributed by atoms with van der Waals surface area (Å²) < 4.78 is 11.0. The van der Waals surface area contributed by atoms with Crippen molar-refractivity contribution in [3.63, 3.8) is 0 Å². The van der Waals surface area contributed by atoms with Gasteiger partial charge in [-0.2, -0.15) is 0 Å². The Labute approximate surface area is 149 Å². The molecule has 0 bridgehead atoms. The Morgan fingerprint density at radius 1 is 1.36 bits per heavy atom. The maximum absolute atomic E-state index is 12.4. The van der Waals surface area contributed by atoms with Crippen molar-refractivity contribution < 1.29 is 13.9 Å². The smallest absolute Gasteiger partial charge is 0.223 e. The van der Waals surface area contributed by atoms with Crippen LogP contribution in [-0.4, -0.2) is 36.0 Å². The highest BCUT2D eigenvalue weighted by Crippen LogP contribution is 2.24. The van der Waals surface area contributed by atoms with E-state index in [1.54, 1.807) is 13.3 Å². The summed E-state index contributed by atoms with van der Waals surface area (Å²) >= 11 is 0. The fraction of sp³-hybridized carbons (Fsp3) is 0.500. The van der Waals surface area contributed by atoms with E-state index in [0.717, 1.165) is 37.2 Å². The molecule has 1 aliphatic heterocycles. The molecular weight excluding hydrogens is 316 g/mol. The van der Waals surface area contributed by atoms with E-state index in [4.69, 9.17) is 9.15 Å². The summed E-state index contributed by atoms with van der Waals surface area (Å²) in [6.07, 6.45) is 6.22. The number of oxazole rings is 1. The lowest BCUT2D eigenvalue weighted by Gasteiger charge is -2.32. The zero-order valence-electron chi connectivity index (χ0n) is 15.0. The number of nitrogens with zero attached hydrogens (tertiary/aromatic N) is 2. The molecule has 2 heterocycles. The Kier molecular flexibility index (Phi) is 5.74. The SMILES string of the molecule is CCC1CCCN(C(=O)CCc2ncc(-c3ccc(OC)cc3)o2)C1. The van der Waals surface area contributed by atoms with Crippen molar-refractivity contribution in [3.8, 4) is 17.1 Å². The van der Waals surface area contributed by atoms with E-state index < -0.39 is 0 Å². The molecule has 1 aromatic heterocycles. The van der Waals surface area contributed by atoms with E-state index in [-0.39, 0.29) is 5.91 Å². The first-order valence-corrected chi connectivity index (χ1v) is 9.06. The van der Waals surface area contributed by atoms with Crippen LogP contribution >= 0.6 is 0 Å². The fourth-order valence-electron chi connectivity index (χ4n) is 3.31. The molecule has 1 unspecified atom stereocenters. The van der Waals surface area contributed by atoms with Crippen LogP contribution in [0.25, 0.3) is 11.3 Å². The lowest BCUT2D eigenvalue weighted by molar-refractivity contribution is -0.133. The summed E-state index contributed by atoms with van der Waals surface area (Å²) in [5.74, 6) is 3.00. The van der Waals surface area contributed by atoms with Gasteiger partial charge < -0.3 is 14.1 Å². The Hall–Kier alpha value is -2.30. The van der Waals surface area contributed by atoms with Gasteiger partial charge in [0.15, 0.2) is 11.7 Å². The second kappa shape index (κ2) is 8.19. The highest BCUT2D eigenvalue weighted by molar-refractivity contribution is 5.76. The van der Waals surface area contributed by atoms with Gasteiger partial charge >= 0.3 is 0 Å². The third-order valence-corrected chi connectivity index (χ3v) is 4.93. The normalized spacial score (nSPS) is 17.5. The van der Waals surface area contributed by atoms with E-state index in [9.17, 15) is 4.79 Å². The van der Waals surface area contributed by atoms with Gasteiger partial charge in [-0.3, -0.25) is 4.79 Å². The highest BCUT2D eigenvalue weighted by atomic mass is 16.5. The molecule has 1 atom stereocenters. The molecule has 1 saturated heterocycles. The highest BCUT2D eigenvalue weighted by Gasteiger charge is 2.22. The van der Waals surface area contributed by atoms with Gasteiger partial charge in [0.1, 0.15) is 5.75 Å². The molecule has 0 N–H and O–H groups in total. The molecule has 25 heavy (non-hydrogen) atoms. The van der Waals surface area contributed by atoms with Gasteiger partial charge in [-0.05, 0) is 43.0 Å². The van der Waals surface area contributed by atoms with Crippen molar-refractivity contribution in [2.75, 3.05) is 20.2 Å². The standard InChI is InChI=1S/C20H26N2O3/c1-3-15-5-4-12-22(14-15)20(23)11-10-19-21-13-18(25-19)16-6-8-17(24-2)9-7-16/h6-9,13,15H,3-5,10-12,14H2,1-2H3. The minimum atomic E-state index is 0.211. The zero-order chi connectivity index (χ0) is 17.6. The molecule has 0 spiro atoms. The summed E-state index contributed by atoms with van der Waals surface area (Å²) in [4.78, 5) is 18.7. The number of hydrogen-bond donors (Lipinski definition) is 0. The zero-order valence-corrected chi connectivity index (χ0v) is 15.0. The van der Waals surface area contributed by atoms with Crippen LogP contribution in [-0.2, 0) is 11.2 Å². The quantitative estimate of drug-likeness (QED) is 0.798. The molecule has 5 nitrogen and oxygen atoms in total. The van der Waals surface area contributed by atoms with E-state index in [0.29, 0.717) is 30.4 Å². The lowest BCUT2D eigenvalue weighted by Crippen LogP contribution is -2.39. The number of carbonyl (C=O) groups is 1. The number of ether oxygens (including phenoxy) is 1. The maximum atomic E-state index is 12.4. The number of aromatic nitrogens is 1. The Morgan fingerprint density at radius 3 is 2.88 bits per heavy atom. The lowest BCUT2D eigenvalue weighted by atomic mass is 9.95. The monoisotopic (exact) mass is 342 g/mol. The predicted molar refractivity (Wildman–Crippen MR) is 96.4 cm³/mol. The van der Waals surface area contributed by atoms with Gasteiger partial charge in [0.25, 0.3) is 0 Å².